The molecular formula is C15H17N5O. The maximum Gasteiger partial charge on any atom is 0.227 e. The van der Waals surface area contributed by atoms with Crippen LogP contribution >= 0.6 is 0 Å². The number of anilines is 1. The molecular weight excluding hydrogens is 266 g/mol. The van der Waals surface area contributed by atoms with Gasteiger partial charge in [0.2, 0.25) is 11.7 Å². The van der Waals surface area contributed by atoms with Gasteiger partial charge in [-0.05, 0) is 23.6 Å². The van der Waals surface area contributed by atoms with Gasteiger partial charge in [-0.3, -0.25) is 0 Å². The van der Waals surface area contributed by atoms with Gasteiger partial charge in [0.1, 0.15) is 5.69 Å². The van der Waals surface area contributed by atoms with Crippen LogP contribution < -0.4 is 5.73 Å². The highest BCUT2D eigenvalue weighted by Gasteiger charge is 2.15. The molecule has 0 bridgehead atoms. The van der Waals surface area contributed by atoms with Gasteiger partial charge < -0.3 is 14.8 Å². The zero-order chi connectivity index (χ0) is 14.8. The van der Waals surface area contributed by atoms with Gasteiger partial charge in [0, 0.05) is 19.2 Å². The largest absolute Gasteiger partial charge is 0.399 e. The molecule has 0 saturated carbocycles. The lowest BCUT2D eigenvalue weighted by Crippen LogP contribution is -1.99. The van der Waals surface area contributed by atoms with E-state index >= 15 is 0 Å². The number of hydrogen-bond donors (Lipinski definition) is 1. The van der Waals surface area contributed by atoms with Crippen LogP contribution in [0.5, 0.6) is 0 Å². The number of benzene rings is 1. The summed E-state index contributed by atoms with van der Waals surface area (Å²) in [6.45, 7) is 2.12. The van der Waals surface area contributed by atoms with Crippen LogP contribution in [0, 0.1) is 0 Å². The molecule has 2 aromatic heterocycles. The highest BCUT2D eigenvalue weighted by Crippen LogP contribution is 2.22. The summed E-state index contributed by atoms with van der Waals surface area (Å²) in [7, 11) is 1.90. The third-order valence-electron chi connectivity index (χ3n) is 3.50. The normalized spacial score (nSPS) is 12.5. The van der Waals surface area contributed by atoms with Crippen LogP contribution in [0.3, 0.4) is 0 Å². The van der Waals surface area contributed by atoms with Crippen LogP contribution in [0.2, 0.25) is 0 Å². The maximum absolute atomic E-state index is 5.70. The zero-order valence-electron chi connectivity index (χ0n) is 12.0. The summed E-state index contributed by atoms with van der Waals surface area (Å²) in [4.78, 5) is 8.49. The predicted molar refractivity (Wildman–Crippen MR) is 79.5 cm³/mol. The summed E-state index contributed by atoms with van der Waals surface area (Å²) in [6, 6.07) is 7.86. The van der Waals surface area contributed by atoms with Crippen molar-refractivity contribution in [2.75, 3.05) is 5.73 Å². The van der Waals surface area contributed by atoms with Crippen LogP contribution in [0.1, 0.15) is 24.3 Å². The molecule has 0 saturated heterocycles. The van der Waals surface area contributed by atoms with Crippen LogP contribution in [0.25, 0.3) is 11.5 Å². The minimum Gasteiger partial charge on any atom is -0.399 e. The third kappa shape index (κ3) is 2.79. The first-order valence-corrected chi connectivity index (χ1v) is 6.78. The third-order valence-corrected chi connectivity index (χ3v) is 3.50. The lowest BCUT2D eigenvalue weighted by Gasteiger charge is -2.09. The van der Waals surface area contributed by atoms with Crippen molar-refractivity contribution in [2.24, 2.45) is 7.05 Å². The van der Waals surface area contributed by atoms with Crippen LogP contribution in [0.15, 0.2) is 41.3 Å². The molecule has 21 heavy (non-hydrogen) atoms. The Morgan fingerprint density at radius 1 is 1.29 bits per heavy atom. The second-order valence-electron chi connectivity index (χ2n) is 5.17. The highest BCUT2D eigenvalue weighted by atomic mass is 16.5. The molecule has 6 heteroatoms. The number of aryl methyl sites for hydroxylation is 1. The monoisotopic (exact) mass is 283 g/mol. The quantitative estimate of drug-likeness (QED) is 0.743. The minimum atomic E-state index is 0.283. The molecule has 0 radical (unpaired) electrons. The summed E-state index contributed by atoms with van der Waals surface area (Å²) < 4.78 is 7.19. The molecule has 3 rings (SSSR count). The smallest absolute Gasteiger partial charge is 0.227 e. The first kappa shape index (κ1) is 13.4. The van der Waals surface area contributed by atoms with Gasteiger partial charge in [0.15, 0.2) is 0 Å². The summed E-state index contributed by atoms with van der Waals surface area (Å²) >= 11 is 0. The fraction of sp³-hybridized carbons (Fsp3) is 0.267. The molecule has 2 N–H and O–H groups in total. The summed E-state index contributed by atoms with van der Waals surface area (Å²) in [5.41, 5.74) is 8.50. The second kappa shape index (κ2) is 5.40. The number of imidazole rings is 1. The standard InChI is InChI=1S/C15H17N5O/c1-10(11-3-5-12(16)6-4-11)7-14-18-15(19-21-14)13-8-17-9-20(13)2/h3-6,8-10H,7,16H2,1-2H3. The Morgan fingerprint density at radius 2 is 2.05 bits per heavy atom. The van der Waals surface area contributed by atoms with E-state index in [4.69, 9.17) is 10.3 Å². The minimum absolute atomic E-state index is 0.283. The first-order chi connectivity index (χ1) is 10.1. The van der Waals surface area contributed by atoms with E-state index in [-0.39, 0.29) is 5.92 Å². The Morgan fingerprint density at radius 3 is 2.71 bits per heavy atom. The number of hydrogen-bond acceptors (Lipinski definition) is 5. The van der Waals surface area contributed by atoms with Gasteiger partial charge >= 0.3 is 0 Å². The first-order valence-electron chi connectivity index (χ1n) is 6.78. The molecule has 1 aromatic carbocycles. The van der Waals surface area contributed by atoms with Gasteiger partial charge in [0.25, 0.3) is 0 Å². The molecule has 0 fully saturated rings. The van der Waals surface area contributed by atoms with E-state index in [0.717, 1.165) is 11.4 Å². The van der Waals surface area contributed by atoms with Crippen molar-refractivity contribution in [3.05, 3.63) is 48.2 Å². The van der Waals surface area contributed by atoms with Crippen molar-refractivity contribution in [1.82, 2.24) is 19.7 Å². The number of aromatic nitrogens is 4. The van der Waals surface area contributed by atoms with E-state index < -0.39 is 0 Å². The van der Waals surface area contributed by atoms with Crippen molar-refractivity contribution in [2.45, 2.75) is 19.3 Å². The highest BCUT2D eigenvalue weighted by molar-refractivity contribution is 5.47. The van der Waals surface area contributed by atoms with E-state index in [1.54, 1.807) is 12.5 Å². The van der Waals surface area contributed by atoms with Crippen LogP contribution in [-0.4, -0.2) is 19.7 Å². The molecule has 0 aliphatic rings. The van der Waals surface area contributed by atoms with Crippen LogP contribution in [-0.2, 0) is 13.5 Å². The molecule has 108 valence electrons. The molecule has 0 aliphatic carbocycles. The lowest BCUT2D eigenvalue weighted by atomic mass is 9.98. The van der Waals surface area contributed by atoms with E-state index in [2.05, 4.69) is 22.0 Å². The van der Waals surface area contributed by atoms with Gasteiger partial charge in [-0.2, -0.15) is 4.98 Å². The molecule has 1 unspecified atom stereocenters. The molecule has 0 amide bonds. The second-order valence-corrected chi connectivity index (χ2v) is 5.17. The number of rotatable bonds is 4. The number of nitrogen functional groups attached to an aromatic ring is 1. The van der Waals surface area contributed by atoms with Crippen molar-refractivity contribution >= 4 is 5.69 Å². The summed E-state index contributed by atoms with van der Waals surface area (Å²) in [5, 5.41) is 4.01. The Balaban J connectivity index is 1.75. The zero-order valence-corrected chi connectivity index (χ0v) is 12.0. The van der Waals surface area contributed by atoms with Crippen molar-refractivity contribution in [1.29, 1.82) is 0 Å². The average Bonchev–Trinajstić information content (AvgIpc) is 3.08. The molecule has 2 heterocycles. The topological polar surface area (TPSA) is 82.8 Å². The van der Waals surface area contributed by atoms with E-state index in [1.807, 2.05) is 35.9 Å². The van der Waals surface area contributed by atoms with Gasteiger partial charge in [0.05, 0.1) is 12.5 Å². The summed E-state index contributed by atoms with van der Waals surface area (Å²) in [5.74, 6) is 1.47. The molecule has 6 nitrogen and oxygen atoms in total. The van der Waals surface area contributed by atoms with Crippen molar-refractivity contribution < 1.29 is 4.52 Å². The van der Waals surface area contributed by atoms with Crippen LogP contribution in [0.4, 0.5) is 5.69 Å². The Hall–Kier alpha value is -2.63. The predicted octanol–water partition coefficient (Wildman–Crippen LogP) is 2.40. The molecule has 0 aliphatic heterocycles. The number of nitrogens with zero attached hydrogens (tertiary/aromatic N) is 4. The summed E-state index contributed by atoms with van der Waals surface area (Å²) in [6.07, 6.45) is 4.12. The van der Waals surface area contributed by atoms with E-state index in [0.29, 0.717) is 18.1 Å². The Bertz CT molecular complexity index is 729. The van der Waals surface area contributed by atoms with Gasteiger partial charge in [-0.25, -0.2) is 4.98 Å². The fourth-order valence-electron chi connectivity index (χ4n) is 2.22. The van der Waals surface area contributed by atoms with Gasteiger partial charge in [-0.1, -0.05) is 24.2 Å². The Labute approximate surface area is 122 Å². The lowest BCUT2D eigenvalue weighted by molar-refractivity contribution is 0.371. The maximum atomic E-state index is 5.70. The molecule has 0 spiro atoms. The average molecular weight is 283 g/mol. The Kier molecular flexibility index (Phi) is 3.43. The van der Waals surface area contributed by atoms with Crippen molar-refractivity contribution in [3.8, 4) is 11.5 Å². The fourth-order valence-corrected chi connectivity index (χ4v) is 2.22. The number of nitrogens with two attached hydrogens (primary N) is 1. The molecule has 1 atom stereocenters. The van der Waals surface area contributed by atoms with Crippen molar-refractivity contribution in [3.63, 3.8) is 0 Å². The SMILES string of the molecule is CC(Cc1nc(-c2cncn2C)no1)c1ccc(N)cc1. The molecule has 3 aromatic rings. The van der Waals surface area contributed by atoms with E-state index in [1.165, 1.54) is 5.56 Å². The van der Waals surface area contributed by atoms with Gasteiger partial charge in [-0.15, -0.1) is 0 Å². The van der Waals surface area contributed by atoms with E-state index in [9.17, 15) is 0 Å².